The van der Waals surface area contributed by atoms with Crippen LogP contribution in [0.25, 0.3) is 0 Å². The highest BCUT2D eigenvalue weighted by molar-refractivity contribution is 6.20. The van der Waals surface area contributed by atoms with E-state index in [9.17, 15) is 14.4 Å². The van der Waals surface area contributed by atoms with Crippen LogP contribution >= 0.6 is 12.4 Å². The quantitative estimate of drug-likeness (QED) is 0.771. The largest absolute Gasteiger partial charge is 0.325 e. The fraction of sp³-hybridized carbons (Fsp3) is 0.250. The molecule has 0 unspecified atom stereocenters. The van der Waals surface area contributed by atoms with E-state index in [1.807, 2.05) is 30.3 Å². The second-order valence-corrected chi connectivity index (χ2v) is 6.41. The van der Waals surface area contributed by atoms with Gasteiger partial charge in [0.25, 0.3) is 0 Å². The Morgan fingerprint density at radius 2 is 1.74 bits per heavy atom. The molecule has 3 N–H and O–H groups in total. The first kappa shape index (κ1) is 20.6. The molecular weight excluding hydrogens is 366 g/mol. The molecule has 0 aromatic heterocycles. The molecule has 0 bridgehead atoms. The van der Waals surface area contributed by atoms with Crippen LogP contribution in [-0.2, 0) is 20.8 Å². The van der Waals surface area contributed by atoms with E-state index in [2.05, 4.69) is 5.32 Å². The molecule has 0 saturated carbocycles. The molecule has 0 radical (unpaired) electrons. The van der Waals surface area contributed by atoms with Crippen molar-refractivity contribution >= 4 is 41.5 Å². The van der Waals surface area contributed by atoms with Gasteiger partial charge in [-0.15, -0.1) is 12.4 Å². The van der Waals surface area contributed by atoms with Gasteiger partial charge < -0.3 is 11.1 Å². The number of imide groups is 1. The standard InChI is InChI=1S/C20H21N3O3.ClH/c1-13-11-15(7-8-17(13)23-18(24)9-10-19(23)25)22-20(26)16(21)12-14-5-3-2-4-6-14;/h2-8,11,16H,9-10,12,21H2,1H3,(H,22,26);1H/t16-;/m0./s1. The molecule has 142 valence electrons. The highest BCUT2D eigenvalue weighted by atomic mass is 35.5. The molecule has 1 aliphatic heterocycles. The Hall–Kier alpha value is -2.70. The molecule has 1 fully saturated rings. The molecule has 27 heavy (non-hydrogen) atoms. The van der Waals surface area contributed by atoms with Crippen LogP contribution < -0.4 is 16.0 Å². The third-order valence-corrected chi connectivity index (χ3v) is 4.39. The molecule has 0 spiro atoms. The molecule has 3 rings (SSSR count). The average Bonchev–Trinajstić information content (AvgIpc) is 2.95. The van der Waals surface area contributed by atoms with Crippen molar-refractivity contribution in [1.29, 1.82) is 0 Å². The number of benzene rings is 2. The van der Waals surface area contributed by atoms with Gasteiger partial charge in [-0.25, -0.2) is 0 Å². The molecule has 7 heteroatoms. The third kappa shape index (κ3) is 4.72. The Balaban J connectivity index is 0.00000261. The molecule has 0 aliphatic carbocycles. The van der Waals surface area contributed by atoms with Gasteiger partial charge >= 0.3 is 0 Å². The summed E-state index contributed by atoms with van der Waals surface area (Å²) in [6.07, 6.45) is 0.927. The van der Waals surface area contributed by atoms with Gasteiger partial charge in [0.1, 0.15) is 0 Å². The van der Waals surface area contributed by atoms with Crippen LogP contribution in [0, 0.1) is 6.92 Å². The number of nitrogens with two attached hydrogens (primary N) is 1. The molecule has 6 nitrogen and oxygen atoms in total. The van der Waals surface area contributed by atoms with Crippen molar-refractivity contribution in [3.63, 3.8) is 0 Å². The van der Waals surface area contributed by atoms with E-state index in [1.54, 1.807) is 25.1 Å². The first-order chi connectivity index (χ1) is 12.5. The van der Waals surface area contributed by atoms with Crippen molar-refractivity contribution in [2.24, 2.45) is 5.73 Å². The van der Waals surface area contributed by atoms with Crippen molar-refractivity contribution in [2.45, 2.75) is 32.2 Å². The van der Waals surface area contributed by atoms with E-state index in [0.29, 0.717) is 17.8 Å². The van der Waals surface area contributed by atoms with Gasteiger partial charge in [0.15, 0.2) is 0 Å². The zero-order chi connectivity index (χ0) is 18.7. The van der Waals surface area contributed by atoms with Gasteiger partial charge in [-0.05, 0) is 42.7 Å². The van der Waals surface area contributed by atoms with Gasteiger partial charge in [-0.3, -0.25) is 19.3 Å². The molecule has 3 amide bonds. The van der Waals surface area contributed by atoms with Gasteiger partial charge in [0, 0.05) is 18.5 Å². The third-order valence-electron chi connectivity index (χ3n) is 4.39. The average molecular weight is 388 g/mol. The number of nitrogens with zero attached hydrogens (tertiary/aromatic N) is 1. The predicted octanol–water partition coefficient (Wildman–Crippen LogP) is 2.58. The van der Waals surface area contributed by atoms with Gasteiger partial charge in [-0.1, -0.05) is 30.3 Å². The summed E-state index contributed by atoms with van der Waals surface area (Å²) in [5, 5.41) is 2.79. The summed E-state index contributed by atoms with van der Waals surface area (Å²) >= 11 is 0. The van der Waals surface area contributed by atoms with E-state index in [4.69, 9.17) is 5.73 Å². The van der Waals surface area contributed by atoms with Crippen molar-refractivity contribution in [1.82, 2.24) is 0 Å². The smallest absolute Gasteiger partial charge is 0.241 e. The molecular formula is C20H22ClN3O3. The van der Waals surface area contributed by atoms with Crippen LogP contribution in [0.2, 0.25) is 0 Å². The number of amides is 3. The summed E-state index contributed by atoms with van der Waals surface area (Å²) < 4.78 is 0. The van der Waals surface area contributed by atoms with Crippen LogP contribution in [0.1, 0.15) is 24.0 Å². The zero-order valence-electron chi connectivity index (χ0n) is 15.0. The highest BCUT2D eigenvalue weighted by Crippen LogP contribution is 2.28. The fourth-order valence-electron chi connectivity index (χ4n) is 3.03. The molecule has 1 saturated heterocycles. The maximum Gasteiger partial charge on any atom is 0.241 e. The first-order valence-electron chi connectivity index (χ1n) is 8.52. The second-order valence-electron chi connectivity index (χ2n) is 6.41. The number of anilines is 2. The molecule has 1 heterocycles. The lowest BCUT2D eigenvalue weighted by Gasteiger charge is -2.18. The Kier molecular flexibility index (Phi) is 6.71. The van der Waals surface area contributed by atoms with E-state index in [1.165, 1.54) is 4.90 Å². The van der Waals surface area contributed by atoms with E-state index in [-0.39, 0.29) is 43.0 Å². The number of aryl methyl sites for hydroxylation is 1. The van der Waals surface area contributed by atoms with Crippen LogP contribution in [0.15, 0.2) is 48.5 Å². The number of hydrogen-bond donors (Lipinski definition) is 2. The Morgan fingerprint density at radius 3 is 2.33 bits per heavy atom. The van der Waals surface area contributed by atoms with Gasteiger partial charge in [0.05, 0.1) is 11.7 Å². The summed E-state index contributed by atoms with van der Waals surface area (Å²) in [5.74, 6) is -0.672. The maximum absolute atomic E-state index is 12.3. The van der Waals surface area contributed by atoms with Crippen molar-refractivity contribution in [2.75, 3.05) is 10.2 Å². The van der Waals surface area contributed by atoms with Crippen LogP contribution in [0.4, 0.5) is 11.4 Å². The van der Waals surface area contributed by atoms with Crippen LogP contribution in [0.5, 0.6) is 0 Å². The first-order valence-corrected chi connectivity index (χ1v) is 8.52. The summed E-state index contributed by atoms with van der Waals surface area (Å²) in [7, 11) is 0. The van der Waals surface area contributed by atoms with E-state index >= 15 is 0 Å². The lowest BCUT2D eigenvalue weighted by atomic mass is 10.1. The molecule has 2 aromatic carbocycles. The number of halogens is 1. The highest BCUT2D eigenvalue weighted by Gasteiger charge is 2.31. The SMILES string of the molecule is Cc1cc(NC(=O)[C@@H](N)Cc2ccccc2)ccc1N1C(=O)CCC1=O.Cl. The van der Waals surface area contributed by atoms with Crippen LogP contribution in [0.3, 0.4) is 0 Å². The number of carbonyl (C=O) groups excluding carboxylic acids is 3. The summed E-state index contributed by atoms with van der Waals surface area (Å²) in [6, 6.07) is 14.0. The fourth-order valence-corrected chi connectivity index (χ4v) is 3.03. The molecule has 1 atom stereocenters. The predicted molar refractivity (Wildman–Crippen MR) is 107 cm³/mol. The van der Waals surface area contributed by atoms with Crippen molar-refractivity contribution in [3.8, 4) is 0 Å². The Bertz CT molecular complexity index is 839. The molecule has 2 aromatic rings. The minimum absolute atomic E-state index is 0. The topological polar surface area (TPSA) is 92.5 Å². The maximum atomic E-state index is 12.3. The Morgan fingerprint density at radius 1 is 1.11 bits per heavy atom. The summed E-state index contributed by atoms with van der Waals surface area (Å²) in [5.41, 5.74) is 8.87. The van der Waals surface area contributed by atoms with E-state index in [0.717, 1.165) is 11.1 Å². The Labute approximate surface area is 164 Å². The van der Waals surface area contributed by atoms with Crippen molar-refractivity contribution in [3.05, 3.63) is 59.7 Å². The van der Waals surface area contributed by atoms with E-state index < -0.39 is 6.04 Å². The summed E-state index contributed by atoms with van der Waals surface area (Å²) in [4.78, 5) is 37.3. The minimum Gasteiger partial charge on any atom is -0.325 e. The lowest BCUT2D eigenvalue weighted by Crippen LogP contribution is -2.37. The molecule has 1 aliphatic rings. The summed E-state index contributed by atoms with van der Waals surface area (Å²) in [6.45, 7) is 1.80. The number of rotatable bonds is 5. The number of hydrogen-bond acceptors (Lipinski definition) is 4. The normalized spacial score (nSPS) is 14.7. The number of carbonyl (C=O) groups is 3. The number of nitrogens with one attached hydrogen (secondary N) is 1. The zero-order valence-corrected chi connectivity index (χ0v) is 15.8. The minimum atomic E-state index is -0.667. The van der Waals surface area contributed by atoms with Crippen molar-refractivity contribution < 1.29 is 14.4 Å². The second kappa shape index (κ2) is 8.79. The van der Waals surface area contributed by atoms with Crippen LogP contribution in [-0.4, -0.2) is 23.8 Å². The van der Waals surface area contributed by atoms with Gasteiger partial charge in [0.2, 0.25) is 17.7 Å². The monoisotopic (exact) mass is 387 g/mol. The van der Waals surface area contributed by atoms with Gasteiger partial charge in [-0.2, -0.15) is 0 Å². The lowest BCUT2D eigenvalue weighted by molar-refractivity contribution is -0.121.